The molecule has 33 heavy (non-hydrogen) atoms. The summed E-state index contributed by atoms with van der Waals surface area (Å²) in [7, 11) is 0. The lowest BCUT2D eigenvalue weighted by Gasteiger charge is -2.28. The highest BCUT2D eigenvalue weighted by atomic mass is 19.4. The minimum atomic E-state index is -4.78. The quantitative estimate of drug-likeness (QED) is 0.680. The molecule has 0 bridgehead atoms. The molecule has 4 rings (SSSR count). The van der Waals surface area contributed by atoms with Gasteiger partial charge in [0.1, 0.15) is 11.5 Å². The average molecular weight is 465 g/mol. The monoisotopic (exact) mass is 465 g/mol. The Labute approximate surface area is 189 Å². The van der Waals surface area contributed by atoms with Crippen LogP contribution in [-0.4, -0.2) is 62.7 Å². The molecule has 0 radical (unpaired) electrons. The summed E-state index contributed by atoms with van der Waals surface area (Å²) in [4.78, 5) is 15.2. The number of amides is 1. The fourth-order valence-corrected chi connectivity index (χ4v) is 3.86. The van der Waals surface area contributed by atoms with Crippen molar-refractivity contribution >= 4 is 17.3 Å². The molecule has 178 valence electrons. The van der Waals surface area contributed by atoms with Gasteiger partial charge in [-0.1, -0.05) is 17.7 Å². The van der Waals surface area contributed by atoms with Crippen LogP contribution in [0.2, 0.25) is 0 Å². The summed E-state index contributed by atoms with van der Waals surface area (Å²) in [6, 6.07) is 9.58. The van der Waals surface area contributed by atoms with Crippen LogP contribution in [0.5, 0.6) is 11.5 Å². The standard InChI is InChI=1S/C23H26F3N3O4/c1-15-2-4-18(16(12-15)6-7-29-8-10-31-11-9-29)28-22(30)21-14-27-19-13-17(33-23(24,25)26)3-5-20(19)32-21/h2-5,12-13,21,27H,6-11,14H2,1H3,(H,28,30). The zero-order chi connectivity index (χ0) is 23.4. The van der Waals surface area contributed by atoms with Crippen LogP contribution >= 0.6 is 0 Å². The molecule has 2 aromatic carbocycles. The van der Waals surface area contributed by atoms with Crippen LogP contribution < -0.4 is 20.1 Å². The lowest BCUT2D eigenvalue weighted by Crippen LogP contribution is -2.41. The number of carbonyl (C=O) groups excluding carboxylic acids is 1. The van der Waals surface area contributed by atoms with Crippen molar-refractivity contribution in [1.29, 1.82) is 0 Å². The van der Waals surface area contributed by atoms with Crippen molar-refractivity contribution in [3.63, 3.8) is 0 Å². The van der Waals surface area contributed by atoms with E-state index in [0.29, 0.717) is 5.69 Å². The maximum Gasteiger partial charge on any atom is 0.573 e. The zero-order valence-electron chi connectivity index (χ0n) is 18.2. The highest BCUT2D eigenvalue weighted by molar-refractivity contribution is 5.96. The Hall–Kier alpha value is -2.98. The molecular weight excluding hydrogens is 439 g/mol. The number of halogens is 3. The summed E-state index contributed by atoms with van der Waals surface area (Å²) >= 11 is 0. The Morgan fingerprint density at radius 1 is 1.21 bits per heavy atom. The smallest absolute Gasteiger partial charge is 0.477 e. The molecule has 0 saturated carbocycles. The van der Waals surface area contributed by atoms with Crippen molar-refractivity contribution in [2.75, 3.05) is 50.0 Å². The fraction of sp³-hybridized carbons (Fsp3) is 0.435. The third kappa shape index (κ3) is 6.29. The fourth-order valence-electron chi connectivity index (χ4n) is 3.86. The average Bonchev–Trinajstić information content (AvgIpc) is 2.78. The highest BCUT2D eigenvalue weighted by Crippen LogP contribution is 2.35. The lowest BCUT2D eigenvalue weighted by molar-refractivity contribution is -0.274. The van der Waals surface area contributed by atoms with E-state index in [0.717, 1.165) is 62.1 Å². The minimum absolute atomic E-state index is 0.114. The zero-order valence-corrected chi connectivity index (χ0v) is 18.2. The predicted octanol–water partition coefficient (Wildman–Crippen LogP) is 3.58. The number of fused-ring (bicyclic) bond motifs is 1. The van der Waals surface area contributed by atoms with Crippen LogP contribution in [-0.2, 0) is 16.0 Å². The number of nitrogens with one attached hydrogen (secondary N) is 2. The maximum absolute atomic E-state index is 12.9. The van der Waals surface area contributed by atoms with Crippen molar-refractivity contribution in [2.24, 2.45) is 0 Å². The van der Waals surface area contributed by atoms with E-state index in [1.807, 2.05) is 19.1 Å². The van der Waals surface area contributed by atoms with Gasteiger partial charge < -0.3 is 24.8 Å². The first-order valence-corrected chi connectivity index (χ1v) is 10.8. The van der Waals surface area contributed by atoms with E-state index in [1.54, 1.807) is 0 Å². The molecule has 1 amide bonds. The minimum Gasteiger partial charge on any atom is -0.477 e. The van der Waals surface area contributed by atoms with E-state index in [2.05, 4.69) is 26.3 Å². The first kappa shape index (κ1) is 23.2. The molecule has 2 heterocycles. The van der Waals surface area contributed by atoms with Crippen LogP contribution in [0.25, 0.3) is 0 Å². The SMILES string of the molecule is Cc1ccc(NC(=O)C2CNc3cc(OC(F)(F)F)ccc3O2)c(CCN2CCOCC2)c1. The lowest BCUT2D eigenvalue weighted by atomic mass is 10.1. The van der Waals surface area contributed by atoms with Crippen molar-refractivity contribution < 1.29 is 32.2 Å². The number of hydrogen-bond donors (Lipinski definition) is 2. The highest BCUT2D eigenvalue weighted by Gasteiger charge is 2.32. The molecule has 0 spiro atoms. The molecule has 10 heteroatoms. The number of aryl methyl sites for hydroxylation is 1. The number of morpholine rings is 1. The van der Waals surface area contributed by atoms with Crippen LogP contribution in [0.3, 0.4) is 0 Å². The van der Waals surface area contributed by atoms with Crippen LogP contribution in [0.4, 0.5) is 24.5 Å². The van der Waals surface area contributed by atoms with Gasteiger partial charge in [0, 0.05) is 31.4 Å². The molecule has 0 aliphatic carbocycles. The molecule has 1 atom stereocenters. The van der Waals surface area contributed by atoms with Gasteiger partial charge in [0.15, 0.2) is 6.10 Å². The molecular formula is C23H26F3N3O4. The molecule has 1 fully saturated rings. The number of anilines is 2. The van der Waals surface area contributed by atoms with Gasteiger partial charge >= 0.3 is 6.36 Å². The molecule has 7 nitrogen and oxygen atoms in total. The van der Waals surface area contributed by atoms with E-state index in [9.17, 15) is 18.0 Å². The van der Waals surface area contributed by atoms with Crippen molar-refractivity contribution in [3.8, 4) is 11.5 Å². The Bertz CT molecular complexity index is 993. The first-order chi connectivity index (χ1) is 15.8. The summed E-state index contributed by atoms with van der Waals surface area (Å²) in [6.45, 7) is 6.24. The van der Waals surface area contributed by atoms with E-state index in [4.69, 9.17) is 9.47 Å². The Balaban J connectivity index is 1.39. The number of hydrogen-bond acceptors (Lipinski definition) is 6. The summed E-state index contributed by atoms with van der Waals surface area (Å²) in [5.41, 5.74) is 3.20. The van der Waals surface area contributed by atoms with Gasteiger partial charge in [-0.05, 0) is 37.1 Å². The topological polar surface area (TPSA) is 72.1 Å². The van der Waals surface area contributed by atoms with Crippen molar-refractivity contribution in [1.82, 2.24) is 4.90 Å². The Morgan fingerprint density at radius 2 is 2.00 bits per heavy atom. The van der Waals surface area contributed by atoms with Gasteiger partial charge in [-0.2, -0.15) is 0 Å². The third-order valence-electron chi connectivity index (χ3n) is 5.54. The van der Waals surface area contributed by atoms with Gasteiger partial charge in [-0.25, -0.2) is 0 Å². The second-order valence-corrected chi connectivity index (χ2v) is 8.05. The molecule has 0 aromatic heterocycles. The number of ether oxygens (including phenoxy) is 3. The van der Waals surface area contributed by atoms with Crippen LogP contribution in [0.15, 0.2) is 36.4 Å². The van der Waals surface area contributed by atoms with Gasteiger partial charge in [-0.3, -0.25) is 9.69 Å². The van der Waals surface area contributed by atoms with E-state index >= 15 is 0 Å². The van der Waals surface area contributed by atoms with Gasteiger partial charge in [-0.15, -0.1) is 13.2 Å². The second kappa shape index (κ2) is 9.88. The predicted molar refractivity (Wildman–Crippen MR) is 117 cm³/mol. The molecule has 2 aromatic rings. The first-order valence-electron chi connectivity index (χ1n) is 10.8. The van der Waals surface area contributed by atoms with Crippen molar-refractivity contribution in [2.45, 2.75) is 25.8 Å². The largest absolute Gasteiger partial charge is 0.573 e. The maximum atomic E-state index is 12.9. The summed E-state index contributed by atoms with van der Waals surface area (Å²) in [5, 5.41) is 5.89. The van der Waals surface area contributed by atoms with Crippen molar-refractivity contribution in [3.05, 3.63) is 47.5 Å². The number of rotatable bonds is 6. The number of benzene rings is 2. The van der Waals surface area contributed by atoms with E-state index < -0.39 is 12.5 Å². The van der Waals surface area contributed by atoms with E-state index in [1.165, 1.54) is 12.1 Å². The Kier molecular flexibility index (Phi) is 6.94. The molecule has 2 aliphatic heterocycles. The van der Waals surface area contributed by atoms with Crippen LogP contribution in [0, 0.1) is 6.92 Å². The molecule has 2 aliphatic rings. The second-order valence-electron chi connectivity index (χ2n) is 8.05. The van der Waals surface area contributed by atoms with Crippen LogP contribution in [0.1, 0.15) is 11.1 Å². The molecule has 1 unspecified atom stereocenters. The molecule has 2 N–H and O–H groups in total. The third-order valence-corrected chi connectivity index (χ3v) is 5.54. The normalized spacial score (nSPS) is 18.6. The summed E-state index contributed by atoms with van der Waals surface area (Å²) < 4.78 is 52.3. The van der Waals surface area contributed by atoms with Gasteiger partial charge in [0.25, 0.3) is 5.91 Å². The molecule has 1 saturated heterocycles. The number of alkyl halides is 3. The number of nitrogens with zero attached hydrogens (tertiary/aromatic N) is 1. The summed E-state index contributed by atoms with van der Waals surface area (Å²) in [6.07, 6.45) is -4.83. The van der Waals surface area contributed by atoms with E-state index in [-0.39, 0.29) is 24.0 Å². The Morgan fingerprint density at radius 3 is 2.76 bits per heavy atom. The summed E-state index contributed by atoms with van der Waals surface area (Å²) in [5.74, 6) is -0.405. The number of carbonyl (C=O) groups is 1. The van der Waals surface area contributed by atoms with Gasteiger partial charge in [0.2, 0.25) is 0 Å². The van der Waals surface area contributed by atoms with Gasteiger partial charge in [0.05, 0.1) is 25.4 Å².